The average molecular weight is 426 g/mol. The Labute approximate surface area is 160 Å². The Hall–Kier alpha value is -1.92. The molecule has 1 atom stereocenters. The lowest BCUT2D eigenvalue weighted by Crippen LogP contribution is -2.46. The number of alkyl halides is 3. The first-order valence-electron chi connectivity index (χ1n) is 8.38. The first kappa shape index (κ1) is 22.4. The number of aliphatic carboxylic acids is 1. The van der Waals surface area contributed by atoms with E-state index in [-0.39, 0.29) is 11.7 Å². The molecular weight excluding hydrogens is 405 g/mol. The third-order valence-corrected chi connectivity index (χ3v) is 5.75. The van der Waals surface area contributed by atoms with Crippen LogP contribution in [0.25, 0.3) is 0 Å². The molecule has 2 aliphatic heterocycles. The van der Waals surface area contributed by atoms with E-state index in [0.717, 1.165) is 19.3 Å². The molecule has 0 radical (unpaired) electrons. The number of carboxylic acid groups (broad SMARTS) is 1. The zero-order chi connectivity index (χ0) is 21.0. The summed E-state index contributed by atoms with van der Waals surface area (Å²) in [6.45, 7) is 1.58. The molecule has 3 rings (SSSR count). The van der Waals surface area contributed by atoms with Crippen molar-refractivity contribution in [2.45, 2.75) is 37.1 Å². The molecule has 2 aliphatic rings. The summed E-state index contributed by atoms with van der Waals surface area (Å²) in [7, 11) is -3.10. The second-order valence-electron chi connectivity index (χ2n) is 6.57. The zero-order valence-corrected chi connectivity index (χ0v) is 15.9. The van der Waals surface area contributed by atoms with Crippen molar-refractivity contribution < 1.29 is 41.0 Å². The summed E-state index contributed by atoms with van der Waals surface area (Å²) >= 11 is 0. The first-order chi connectivity index (χ1) is 12.9. The van der Waals surface area contributed by atoms with Gasteiger partial charge in [0.25, 0.3) is 0 Å². The van der Waals surface area contributed by atoms with E-state index in [0.29, 0.717) is 25.6 Å². The van der Waals surface area contributed by atoms with Crippen LogP contribution < -0.4 is 4.74 Å². The van der Waals surface area contributed by atoms with Gasteiger partial charge in [-0.1, -0.05) is 6.07 Å². The predicted molar refractivity (Wildman–Crippen MR) is 91.3 cm³/mol. The molecule has 1 aromatic heterocycles. The molecule has 28 heavy (non-hydrogen) atoms. The van der Waals surface area contributed by atoms with Crippen molar-refractivity contribution in [2.75, 3.05) is 26.0 Å². The lowest BCUT2D eigenvalue weighted by atomic mass is 9.89. The SMILES string of the molecule is CS(=O)(=O)N1CCC2(CC1)CC(Oc1ccccn1)CO2.O=C(O)C(F)(F)F. The maximum absolute atomic E-state index is 11.5. The molecule has 2 saturated heterocycles. The van der Waals surface area contributed by atoms with Gasteiger partial charge in [-0.2, -0.15) is 13.2 Å². The lowest BCUT2D eigenvalue weighted by Gasteiger charge is -2.37. The number of sulfonamides is 1. The molecule has 0 amide bonds. The van der Waals surface area contributed by atoms with E-state index in [2.05, 4.69) is 4.98 Å². The topological polar surface area (TPSA) is 106 Å². The molecule has 0 bridgehead atoms. The van der Waals surface area contributed by atoms with Crippen LogP contribution in [-0.4, -0.2) is 72.6 Å². The molecule has 0 aromatic carbocycles. The molecule has 1 aromatic rings. The second kappa shape index (κ2) is 8.62. The number of carboxylic acids is 1. The average Bonchev–Trinajstić information content (AvgIpc) is 2.97. The summed E-state index contributed by atoms with van der Waals surface area (Å²) in [5.74, 6) is -2.15. The maximum Gasteiger partial charge on any atom is 0.490 e. The lowest BCUT2D eigenvalue weighted by molar-refractivity contribution is -0.192. The monoisotopic (exact) mass is 426 g/mol. The van der Waals surface area contributed by atoms with Gasteiger partial charge in [-0.05, 0) is 18.9 Å². The largest absolute Gasteiger partial charge is 0.490 e. The van der Waals surface area contributed by atoms with Crippen LogP contribution in [0.5, 0.6) is 5.88 Å². The highest BCUT2D eigenvalue weighted by atomic mass is 32.2. The fourth-order valence-corrected chi connectivity index (χ4v) is 3.89. The number of rotatable bonds is 3. The highest BCUT2D eigenvalue weighted by molar-refractivity contribution is 7.88. The Bertz CT molecular complexity index is 764. The fourth-order valence-electron chi connectivity index (χ4n) is 3.04. The third-order valence-electron chi connectivity index (χ3n) is 4.45. The highest BCUT2D eigenvalue weighted by Crippen LogP contribution is 2.37. The molecule has 3 heterocycles. The number of piperidine rings is 1. The number of nitrogens with zero attached hydrogens (tertiary/aromatic N) is 2. The number of halogens is 3. The standard InChI is InChI=1S/C14H20N2O4S.C2HF3O2/c1-21(17,18)16-8-5-14(6-9-16)10-12(11-19-14)20-13-4-2-3-7-15-13;3-2(4,5)1(6)7/h2-4,7,12H,5-6,8-11H2,1H3;(H,6,7). The van der Waals surface area contributed by atoms with Crippen LogP contribution in [0.15, 0.2) is 24.4 Å². The second-order valence-corrected chi connectivity index (χ2v) is 8.55. The molecule has 12 heteroatoms. The van der Waals surface area contributed by atoms with Crippen molar-refractivity contribution in [3.8, 4) is 5.88 Å². The van der Waals surface area contributed by atoms with Crippen molar-refractivity contribution in [2.24, 2.45) is 0 Å². The molecule has 1 unspecified atom stereocenters. The van der Waals surface area contributed by atoms with Gasteiger partial charge in [-0.15, -0.1) is 0 Å². The van der Waals surface area contributed by atoms with E-state index in [1.807, 2.05) is 18.2 Å². The molecule has 1 N–H and O–H groups in total. The van der Waals surface area contributed by atoms with Gasteiger partial charge < -0.3 is 14.6 Å². The van der Waals surface area contributed by atoms with E-state index in [4.69, 9.17) is 19.4 Å². The maximum atomic E-state index is 11.5. The van der Waals surface area contributed by atoms with Crippen LogP contribution in [0.3, 0.4) is 0 Å². The van der Waals surface area contributed by atoms with Crippen LogP contribution >= 0.6 is 0 Å². The first-order valence-corrected chi connectivity index (χ1v) is 10.2. The number of hydrogen-bond acceptors (Lipinski definition) is 6. The van der Waals surface area contributed by atoms with Gasteiger partial charge in [0, 0.05) is 31.8 Å². The smallest absolute Gasteiger partial charge is 0.475 e. The van der Waals surface area contributed by atoms with Gasteiger partial charge in [0.15, 0.2) is 0 Å². The van der Waals surface area contributed by atoms with Crippen LogP contribution in [0.1, 0.15) is 19.3 Å². The number of hydrogen-bond donors (Lipinski definition) is 1. The van der Waals surface area contributed by atoms with Crippen molar-refractivity contribution in [3.63, 3.8) is 0 Å². The third kappa shape index (κ3) is 6.31. The minimum Gasteiger partial charge on any atom is -0.475 e. The minimum atomic E-state index is -5.08. The summed E-state index contributed by atoms with van der Waals surface area (Å²) < 4.78 is 68.1. The summed E-state index contributed by atoms with van der Waals surface area (Å²) in [6.07, 6.45) is 0.106. The Kier molecular flexibility index (Phi) is 6.88. The number of pyridine rings is 1. The summed E-state index contributed by atoms with van der Waals surface area (Å²) in [5, 5.41) is 7.12. The van der Waals surface area contributed by atoms with Crippen molar-refractivity contribution >= 4 is 16.0 Å². The zero-order valence-electron chi connectivity index (χ0n) is 15.1. The van der Waals surface area contributed by atoms with Crippen LogP contribution in [0.4, 0.5) is 13.2 Å². The van der Waals surface area contributed by atoms with Crippen molar-refractivity contribution in [1.82, 2.24) is 9.29 Å². The summed E-state index contributed by atoms with van der Waals surface area (Å²) in [4.78, 5) is 13.1. The Morgan fingerprint density at radius 3 is 2.43 bits per heavy atom. The Morgan fingerprint density at radius 2 is 1.96 bits per heavy atom. The molecular formula is C16H21F3N2O6S. The molecule has 8 nitrogen and oxygen atoms in total. The fraction of sp³-hybridized carbons (Fsp3) is 0.625. The van der Waals surface area contributed by atoms with E-state index < -0.39 is 22.2 Å². The van der Waals surface area contributed by atoms with Crippen molar-refractivity contribution in [1.29, 1.82) is 0 Å². The van der Waals surface area contributed by atoms with Gasteiger partial charge in [-0.3, -0.25) is 0 Å². The molecule has 158 valence electrons. The Morgan fingerprint density at radius 1 is 1.36 bits per heavy atom. The molecule has 2 fully saturated rings. The normalized spacial score (nSPS) is 22.4. The molecule has 0 aliphatic carbocycles. The van der Waals surface area contributed by atoms with Gasteiger partial charge in [0.05, 0.1) is 18.5 Å². The van der Waals surface area contributed by atoms with Gasteiger partial charge in [0.1, 0.15) is 6.10 Å². The van der Waals surface area contributed by atoms with Crippen LogP contribution in [-0.2, 0) is 19.6 Å². The Balaban J connectivity index is 0.000000345. The predicted octanol–water partition coefficient (Wildman–Crippen LogP) is 1.68. The van der Waals surface area contributed by atoms with Gasteiger partial charge >= 0.3 is 12.1 Å². The number of carbonyl (C=O) groups is 1. The summed E-state index contributed by atoms with van der Waals surface area (Å²) in [5.41, 5.74) is -0.235. The van der Waals surface area contributed by atoms with Crippen LogP contribution in [0.2, 0.25) is 0 Å². The minimum absolute atomic E-state index is 0.00955. The number of aromatic nitrogens is 1. The van der Waals surface area contributed by atoms with E-state index in [1.165, 1.54) is 10.6 Å². The van der Waals surface area contributed by atoms with E-state index in [1.54, 1.807) is 6.20 Å². The molecule has 1 spiro atoms. The summed E-state index contributed by atoms with van der Waals surface area (Å²) in [6, 6.07) is 5.57. The van der Waals surface area contributed by atoms with Crippen molar-refractivity contribution in [3.05, 3.63) is 24.4 Å². The number of ether oxygens (including phenoxy) is 2. The highest BCUT2D eigenvalue weighted by Gasteiger charge is 2.45. The van der Waals surface area contributed by atoms with E-state index in [9.17, 15) is 21.6 Å². The van der Waals surface area contributed by atoms with Gasteiger partial charge in [-0.25, -0.2) is 22.5 Å². The quantitative estimate of drug-likeness (QED) is 0.784. The van der Waals surface area contributed by atoms with Crippen LogP contribution in [0, 0.1) is 0 Å². The van der Waals surface area contributed by atoms with E-state index >= 15 is 0 Å². The molecule has 0 saturated carbocycles. The van der Waals surface area contributed by atoms with Gasteiger partial charge in [0.2, 0.25) is 15.9 Å².